The average molecular weight is 397 g/mol. The molecule has 6 heteroatoms. The number of amides is 1. The third-order valence-electron chi connectivity index (χ3n) is 4.56. The van der Waals surface area contributed by atoms with Gasteiger partial charge in [0.15, 0.2) is 6.04 Å². The first-order valence-electron chi connectivity index (χ1n) is 9.33. The number of hydrogen-bond donors (Lipinski definition) is 2. The summed E-state index contributed by atoms with van der Waals surface area (Å²) in [6.07, 6.45) is 0. The Bertz CT molecular complexity index is 903. The van der Waals surface area contributed by atoms with Crippen LogP contribution in [0.4, 0.5) is 14.5 Å². The summed E-state index contributed by atoms with van der Waals surface area (Å²) in [5, 5.41) is 4.86. The van der Waals surface area contributed by atoms with E-state index in [1.165, 1.54) is 12.1 Å². The van der Waals surface area contributed by atoms with Crippen molar-refractivity contribution >= 4 is 11.6 Å². The molecule has 3 aromatic rings. The zero-order valence-electron chi connectivity index (χ0n) is 16.0. The van der Waals surface area contributed by atoms with Crippen molar-refractivity contribution < 1.29 is 23.6 Å². The first-order chi connectivity index (χ1) is 14.0. The summed E-state index contributed by atoms with van der Waals surface area (Å²) in [5.41, 5.74) is 2.63. The maximum absolute atomic E-state index is 12.6. The van der Waals surface area contributed by atoms with Gasteiger partial charge >= 0.3 is 6.61 Å². The molecule has 3 N–H and O–H groups in total. The minimum atomic E-state index is -2.86. The number of carbonyl (C=O) groups is 1. The zero-order valence-corrected chi connectivity index (χ0v) is 16.0. The molecule has 0 fully saturated rings. The van der Waals surface area contributed by atoms with Crippen molar-refractivity contribution in [2.45, 2.75) is 25.6 Å². The van der Waals surface area contributed by atoms with Gasteiger partial charge in [-0.1, -0.05) is 48.5 Å². The van der Waals surface area contributed by atoms with Crippen LogP contribution in [-0.4, -0.2) is 18.6 Å². The Morgan fingerprint density at radius 3 is 2.00 bits per heavy atom. The number of rotatable bonds is 8. The third-order valence-corrected chi connectivity index (χ3v) is 4.56. The second-order valence-corrected chi connectivity index (χ2v) is 6.67. The van der Waals surface area contributed by atoms with Crippen LogP contribution in [0, 0.1) is 0 Å². The summed E-state index contributed by atoms with van der Waals surface area (Å²) >= 11 is 0. The molecule has 0 radical (unpaired) electrons. The summed E-state index contributed by atoms with van der Waals surface area (Å²) < 4.78 is 29.3. The van der Waals surface area contributed by atoms with E-state index < -0.39 is 6.61 Å². The van der Waals surface area contributed by atoms with Crippen molar-refractivity contribution in [2.24, 2.45) is 0 Å². The van der Waals surface area contributed by atoms with Gasteiger partial charge in [0.05, 0.1) is 0 Å². The van der Waals surface area contributed by atoms with Crippen LogP contribution in [0.15, 0.2) is 84.9 Å². The molecule has 29 heavy (non-hydrogen) atoms. The fraction of sp³-hybridized carbons (Fsp3) is 0.174. The number of hydrogen-bond acceptors (Lipinski definition) is 2. The van der Waals surface area contributed by atoms with E-state index in [0.717, 1.165) is 16.8 Å². The highest BCUT2D eigenvalue weighted by Gasteiger charge is 2.25. The normalized spacial score (nSPS) is 13.0. The topological polar surface area (TPSA) is 54.9 Å². The number of anilines is 1. The summed E-state index contributed by atoms with van der Waals surface area (Å²) in [5.74, 6) is -0.0137. The van der Waals surface area contributed by atoms with Gasteiger partial charge in [-0.3, -0.25) is 4.79 Å². The van der Waals surface area contributed by atoms with Gasteiger partial charge in [0.25, 0.3) is 5.91 Å². The number of quaternary nitrogens is 1. The summed E-state index contributed by atoms with van der Waals surface area (Å²) in [6.45, 7) is -1.03. The number of alkyl halides is 2. The zero-order chi connectivity index (χ0) is 20.6. The van der Waals surface area contributed by atoms with Crippen molar-refractivity contribution in [3.05, 3.63) is 96.1 Å². The third kappa shape index (κ3) is 5.86. The Morgan fingerprint density at radius 1 is 0.862 bits per heavy atom. The highest BCUT2D eigenvalue weighted by atomic mass is 19.3. The van der Waals surface area contributed by atoms with Crippen LogP contribution in [0.25, 0.3) is 0 Å². The van der Waals surface area contributed by atoms with Crippen molar-refractivity contribution in [3.8, 4) is 5.75 Å². The Morgan fingerprint density at radius 2 is 1.41 bits per heavy atom. The van der Waals surface area contributed by atoms with E-state index in [2.05, 4.69) is 10.1 Å². The van der Waals surface area contributed by atoms with E-state index in [1.807, 2.05) is 72.9 Å². The van der Waals surface area contributed by atoms with Crippen LogP contribution in [0.5, 0.6) is 5.75 Å². The molecule has 0 aliphatic heterocycles. The molecule has 0 aliphatic rings. The first-order valence-corrected chi connectivity index (χ1v) is 9.33. The fourth-order valence-corrected chi connectivity index (χ4v) is 3.09. The minimum Gasteiger partial charge on any atom is -0.435 e. The van der Waals surface area contributed by atoms with Crippen LogP contribution in [0.1, 0.15) is 24.1 Å². The molecule has 0 saturated carbocycles. The predicted molar refractivity (Wildman–Crippen MR) is 108 cm³/mol. The van der Waals surface area contributed by atoms with Crippen LogP contribution in [0.3, 0.4) is 0 Å². The quantitative estimate of drug-likeness (QED) is 0.604. The SMILES string of the molecule is C[C@H]([NH2+][C@@H](c1ccccc1)c1ccc(OC(F)F)cc1)C(=O)Nc1ccccc1. The number of nitrogens with one attached hydrogen (secondary N) is 1. The molecule has 4 nitrogen and oxygen atoms in total. The summed E-state index contributed by atoms with van der Waals surface area (Å²) in [7, 11) is 0. The number of carbonyl (C=O) groups excluding carboxylic acids is 1. The lowest BCUT2D eigenvalue weighted by Gasteiger charge is -2.21. The molecule has 0 bridgehead atoms. The van der Waals surface area contributed by atoms with Crippen molar-refractivity contribution in [2.75, 3.05) is 5.32 Å². The number of benzene rings is 3. The lowest BCUT2D eigenvalue weighted by atomic mass is 9.97. The summed E-state index contributed by atoms with van der Waals surface area (Å²) in [4.78, 5) is 12.6. The fourth-order valence-electron chi connectivity index (χ4n) is 3.09. The number of ether oxygens (including phenoxy) is 1. The Hall–Kier alpha value is -3.25. The van der Waals surface area contributed by atoms with Crippen LogP contribution in [0.2, 0.25) is 0 Å². The largest absolute Gasteiger partial charge is 0.435 e. The minimum absolute atomic E-state index is 0.102. The molecule has 0 unspecified atom stereocenters. The smallest absolute Gasteiger partial charge is 0.387 e. The molecule has 0 spiro atoms. The second kappa shape index (κ2) is 9.80. The molecule has 1 amide bonds. The monoisotopic (exact) mass is 397 g/mol. The first kappa shape index (κ1) is 20.5. The molecular formula is C23H23F2N2O2+. The second-order valence-electron chi connectivity index (χ2n) is 6.67. The highest BCUT2D eigenvalue weighted by molar-refractivity contribution is 5.93. The average Bonchev–Trinajstić information content (AvgIpc) is 2.73. The molecule has 0 heterocycles. The maximum Gasteiger partial charge on any atom is 0.387 e. The van der Waals surface area contributed by atoms with E-state index in [-0.39, 0.29) is 23.7 Å². The van der Waals surface area contributed by atoms with Gasteiger partial charge in [-0.25, -0.2) is 0 Å². The lowest BCUT2D eigenvalue weighted by molar-refractivity contribution is -0.704. The predicted octanol–water partition coefficient (Wildman–Crippen LogP) is 3.97. The molecule has 0 saturated heterocycles. The van der Waals surface area contributed by atoms with E-state index in [1.54, 1.807) is 12.1 Å². The standard InChI is InChI=1S/C23H22F2N2O2/c1-16(22(28)27-19-10-6-3-7-11-19)26-21(17-8-4-2-5-9-17)18-12-14-20(15-13-18)29-23(24)25/h2-16,21,23,26H,1H3,(H,27,28)/p+1/t16-,21-/m0/s1. The van der Waals surface area contributed by atoms with Crippen molar-refractivity contribution in [3.63, 3.8) is 0 Å². The molecular weight excluding hydrogens is 374 g/mol. The molecule has 0 aromatic heterocycles. The molecule has 3 rings (SSSR count). The molecule has 2 atom stereocenters. The number of halogens is 2. The van der Waals surface area contributed by atoms with E-state index >= 15 is 0 Å². The highest BCUT2D eigenvalue weighted by Crippen LogP contribution is 2.22. The Kier molecular flexibility index (Phi) is 6.92. The number of para-hydroxylation sites is 1. The molecule has 3 aromatic carbocycles. The molecule has 150 valence electrons. The van der Waals surface area contributed by atoms with Crippen LogP contribution in [-0.2, 0) is 4.79 Å². The lowest BCUT2D eigenvalue weighted by Crippen LogP contribution is -2.92. The van der Waals surface area contributed by atoms with E-state index in [4.69, 9.17) is 0 Å². The summed E-state index contributed by atoms with van der Waals surface area (Å²) in [6, 6.07) is 25.0. The van der Waals surface area contributed by atoms with Gasteiger partial charge in [0, 0.05) is 16.8 Å². The van der Waals surface area contributed by atoms with Gasteiger partial charge in [-0.05, 0) is 43.3 Å². The van der Waals surface area contributed by atoms with Crippen molar-refractivity contribution in [1.29, 1.82) is 0 Å². The maximum atomic E-state index is 12.6. The van der Waals surface area contributed by atoms with Gasteiger partial charge in [-0.15, -0.1) is 0 Å². The van der Waals surface area contributed by atoms with Gasteiger partial charge in [0.2, 0.25) is 0 Å². The van der Waals surface area contributed by atoms with E-state index in [0.29, 0.717) is 0 Å². The van der Waals surface area contributed by atoms with Crippen LogP contribution >= 0.6 is 0 Å². The molecule has 0 aliphatic carbocycles. The van der Waals surface area contributed by atoms with Gasteiger partial charge in [-0.2, -0.15) is 8.78 Å². The van der Waals surface area contributed by atoms with Gasteiger partial charge < -0.3 is 15.4 Å². The van der Waals surface area contributed by atoms with Crippen molar-refractivity contribution in [1.82, 2.24) is 0 Å². The number of nitrogens with two attached hydrogens (primary N) is 1. The Labute approximate surface area is 168 Å². The van der Waals surface area contributed by atoms with Crippen LogP contribution < -0.4 is 15.4 Å². The Balaban J connectivity index is 1.78. The van der Waals surface area contributed by atoms with E-state index in [9.17, 15) is 13.6 Å². The van der Waals surface area contributed by atoms with Gasteiger partial charge in [0.1, 0.15) is 11.8 Å².